The van der Waals surface area contributed by atoms with Gasteiger partial charge >= 0.3 is 0 Å². The Morgan fingerprint density at radius 1 is 1.27 bits per heavy atom. The molecular weight excluding hydrogens is 272 g/mol. The van der Waals surface area contributed by atoms with E-state index in [2.05, 4.69) is 25.7 Å². The Morgan fingerprint density at radius 2 is 2.00 bits per heavy atom. The Labute approximate surface area is 135 Å². The van der Waals surface area contributed by atoms with E-state index in [4.69, 9.17) is 0 Å². The molecule has 2 aliphatic rings. The highest BCUT2D eigenvalue weighted by atomic mass is 16.3. The molecule has 0 bridgehead atoms. The maximum absolute atomic E-state index is 10.6. The van der Waals surface area contributed by atoms with Crippen molar-refractivity contribution in [1.29, 1.82) is 0 Å². The summed E-state index contributed by atoms with van der Waals surface area (Å²) < 4.78 is 0. The molecule has 0 aromatic carbocycles. The first-order valence-electron chi connectivity index (χ1n) is 8.64. The zero-order chi connectivity index (χ0) is 16.4. The van der Waals surface area contributed by atoms with Gasteiger partial charge in [0.25, 0.3) is 0 Å². The third-order valence-corrected chi connectivity index (χ3v) is 5.66. The van der Waals surface area contributed by atoms with Crippen molar-refractivity contribution in [3.05, 3.63) is 35.5 Å². The number of aliphatic hydroxyl groups is 2. The summed E-state index contributed by atoms with van der Waals surface area (Å²) >= 11 is 0. The van der Waals surface area contributed by atoms with Gasteiger partial charge in [-0.15, -0.1) is 0 Å². The molecule has 0 saturated heterocycles. The normalized spacial score (nSPS) is 35.9. The van der Waals surface area contributed by atoms with Crippen LogP contribution < -0.4 is 0 Å². The molecule has 2 aliphatic carbocycles. The summed E-state index contributed by atoms with van der Waals surface area (Å²) in [7, 11) is 0. The molecule has 124 valence electrons. The lowest BCUT2D eigenvalue weighted by molar-refractivity contribution is 0.0337. The first kappa shape index (κ1) is 17.5. The maximum atomic E-state index is 10.6. The van der Waals surface area contributed by atoms with Crippen molar-refractivity contribution in [3.63, 3.8) is 0 Å². The van der Waals surface area contributed by atoms with Crippen LogP contribution in [0.25, 0.3) is 0 Å². The van der Waals surface area contributed by atoms with Gasteiger partial charge in [0.1, 0.15) is 0 Å². The number of hydrogen-bond acceptors (Lipinski definition) is 2. The summed E-state index contributed by atoms with van der Waals surface area (Å²) in [6.45, 7) is 10.5. The molecule has 2 atom stereocenters. The summed E-state index contributed by atoms with van der Waals surface area (Å²) in [4.78, 5) is 0. The fraction of sp³-hybridized carbons (Fsp3) is 0.700. The van der Waals surface area contributed by atoms with Crippen LogP contribution in [0.1, 0.15) is 65.7 Å². The lowest BCUT2D eigenvalue weighted by Gasteiger charge is -2.33. The summed E-state index contributed by atoms with van der Waals surface area (Å²) in [6, 6.07) is 0. The topological polar surface area (TPSA) is 40.5 Å². The third-order valence-electron chi connectivity index (χ3n) is 5.66. The van der Waals surface area contributed by atoms with Gasteiger partial charge in [0, 0.05) is 5.92 Å². The van der Waals surface area contributed by atoms with Gasteiger partial charge in [0.05, 0.1) is 12.2 Å². The van der Waals surface area contributed by atoms with Gasteiger partial charge in [0.15, 0.2) is 0 Å². The lowest BCUT2D eigenvalue weighted by Crippen LogP contribution is -2.32. The first-order valence-corrected chi connectivity index (χ1v) is 8.64. The minimum absolute atomic E-state index is 0.125. The van der Waals surface area contributed by atoms with Gasteiger partial charge < -0.3 is 10.2 Å². The Balaban J connectivity index is 2.35. The van der Waals surface area contributed by atoms with E-state index >= 15 is 0 Å². The van der Waals surface area contributed by atoms with Crippen molar-refractivity contribution >= 4 is 0 Å². The molecule has 1 saturated carbocycles. The highest BCUT2D eigenvalue weighted by molar-refractivity contribution is 5.27. The highest BCUT2D eigenvalue weighted by Crippen LogP contribution is 2.53. The van der Waals surface area contributed by atoms with Crippen molar-refractivity contribution in [2.24, 2.45) is 11.3 Å². The van der Waals surface area contributed by atoms with Gasteiger partial charge in [-0.05, 0) is 69.8 Å². The van der Waals surface area contributed by atoms with E-state index in [0.717, 1.165) is 50.5 Å². The van der Waals surface area contributed by atoms with Crippen LogP contribution in [0.4, 0.5) is 0 Å². The average molecular weight is 304 g/mol. The van der Waals surface area contributed by atoms with Gasteiger partial charge in [0.2, 0.25) is 0 Å². The molecule has 0 aromatic rings. The fourth-order valence-electron chi connectivity index (χ4n) is 4.09. The molecule has 2 heteroatoms. The van der Waals surface area contributed by atoms with Crippen LogP contribution in [-0.2, 0) is 0 Å². The van der Waals surface area contributed by atoms with Crippen LogP contribution in [0.3, 0.4) is 0 Å². The van der Waals surface area contributed by atoms with Crippen molar-refractivity contribution in [2.75, 3.05) is 6.61 Å². The molecule has 2 rings (SSSR count). The van der Waals surface area contributed by atoms with Crippen LogP contribution >= 0.6 is 0 Å². The third kappa shape index (κ3) is 3.91. The van der Waals surface area contributed by atoms with Crippen molar-refractivity contribution in [2.45, 2.75) is 71.3 Å². The highest BCUT2D eigenvalue weighted by Gasteiger charge is 2.45. The van der Waals surface area contributed by atoms with Gasteiger partial charge in [-0.1, -0.05) is 36.8 Å². The Morgan fingerprint density at radius 3 is 2.64 bits per heavy atom. The number of hydrogen-bond donors (Lipinski definition) is 2. The SMILES string of the molecule is C=C1CC/C=C(\CO)C/C=C2/[C@H](C(C)(C)O)CC[C@@]2(C)CC1. The minimum Gasteiger partial charge on any atom is -0.392 e. The number of rotatable bonds is 2. The standard InChI is InChI=1S/C20H32O2/c1-15-6-5-7-16(14-21)8-9-18-17(19(2,3)22)11-13-20(18,4)12-10-15/h7,9,17,21-22H,1,5-6,8,10-14H2,2-4H3/b16-7-,18-9-/t17-,20-/m1/s1. The summed E-state index contributed by atoms with van der Waals surface area (Å²) in [5.74, 6) is 0.228. The van der Waals surface area contributed by atoms with Gasteiger partial charge in [-0.2, -0.15) is 0 Å². The maximum Gasteiger partial charge on any atom is 0.0656 e. The minimum atomic E-state index is -0.677. The van der Waals surface area contributed by atoms with E-state index in [1.54, 1.807) is 0 Å². The molecule has 0 radical (unpaired) electrons. The van der Waals surface area contributed by atoms with Crippen LogP contribution in [-0.4, -0.2) is 22.4 Å². The Bertz CT molecular complexity index is 478. The predicted molar refractivity (Wildman–Crippen MR) is 92.6 cm³/mol. The van der Waals surface area contributed by atoms with Crippen LogP contribution in [0, 0.1) is 11.3 Å². The predicted octanol–water partition coefficient (Wildman–Crippen LogP) is 4.54. The number of fused-ring (bicyclic) bond motifs is 1. The molecule has 1 fully saturated rings. The molecule has 0 heterocycles. The van der Waals surface area contributed by atoms with Gasteiger partial charge in [-0.25, -0.2) is 0 Å². The van der Waals surface area contributed by atoms with E-state index < -0.39 is 5.60 Å². The largest absolute Gasteiger partial charge is 0.392 e. The lowest BCUT2D eigenvalue weighted by atomic mass is 9.74. The van der Waals surface area contributed by atoms with E-state index in [-0.39, 0.29) is 17.9 Å². The van der Waals surface area contributed by atoms with E-state index in [0.29, 0.717) is 0 Å². The molecule has 2 nitrogen and oxygen atoms in total. The van der Waals surface area contributed by atoms with Crippen LogP contribution in [0.15, 0.2) is 35.5 Å². The molecule has 0 spiro atoms. The monoisotopic (exact) mass is 304 g/mol. The summed E-state index contributed by atoms with van der Waals surface area (Å²) in [5, 5.41) is 20.1. The molecule has 0 amide bonds. The fourth-order valence-corrected chi connectivity index (χ4v) is 4.09. The zero-order valence-corrected chi connectivity index (χ0v) is 14.5. The number of aliphatic hydroxyl groups excluding tert-OH is 1. The second-order valence-corrected chi connectivity index (χ2v) is 7.98. The summed E-state index contributed by atoms with van der Waals surface area (Å²) in [6.07, 6.45) is 11.6. The Hall–Kier alpha value is -0.860. The molecule has 2 N–H and O–H groups in total. The van der Waals surface area contributed by atoms with Crippen molar-refractivity contribution in [1.82, 2.24) is 0 Å². The van der Waals surface area contributed by atoms with Crippen LogP contribution in [0.5, 0.6) is 0 Å². The van der Waals surface area contributed by atoms with E-state index in [9.17, 15) is 10.2 Å². The average Bonchev–Trinajstić information content (AvgIpc) is 2.76. The molecular formula is C20H32O2. The second-order valence-electron chi connectivity index (χ2n) is 7.98. The zero-order valence-electron chi connectivity index (χ0n) is 14.5. The first-order chi connectivity index (χ1) is 10.3. The van der Waals surface area contributed by atoms with Crippen molar-refractivity contribution in [3.8, 4) is 0 Å². The van der Waals surface area contributed by atoms with Crippen LogP contribution in [0.2, 0.25) is 0 Å². The molecule has 0 aromatic heterocycles. The second kappa shape index (κ2) is 6.72. The molecule has 22 heavy (non-hydrogen) atoms. The quantitative estimate of drug-likeness (QED) is 0.735. The number of allylic oxidation sites excluding steroid dienone is 3. The van der Waals surface area contributed by atoms with Crippen molar-refractivity contribution < 1.29 is 10.2 Å². The smallest absolute Gasteiger partial charge is 0.0656 e. The summed E-state index contributed by atoms with van der Waals surface area (Å²) in [5.41, 5.74) is 3.28. The molecule has 0 unspecified atom stereocenters. The van der Waals surface area contributed by atoms with E-state index in [1.165, 1.54) is 11.1 Å². The molecule has 0 aliphatic heterocycles. The van der Waals surface area contributed by atoms with E-state index in [1.807, 2.05) is 13.8 Å². The Kier molecular flexibility index (Phi) is 5.34. The van der Waals surface area contributed by atoms with Gasteiger partial charge in [-0.3, -0.25) is 0 Å².